The molecule has 0 bridgehead atoms. The van der Waals surface area contributed by atoms with E-state index >= 15 is 0 Å². The third-order valence-corrected chi connectivity index (χ3v) is 4.84. The topological polar surface area (TPSA) is 87.5 Å². The largest absolute Gasteiger partial charge is 0.481 e. The molecule has 1 aromatic heterocycles. The van der Waals surface area contributed by atoms with Gasteiger partial charge < -0.3 is 15.3 Å². The Hall–Kier alpha value is -2.90. The molecule has 0 atom stereocenters. The second kappa shape index (κ2) is 7.77. The quantitative estimate of drug-likeness (QED) is 0.840. The lowest BCUT2D eigenvalue weighted by Crippen LogP contribution is -2.37. The molecular formula is C19H23FN4O3. The lowest BCUT2D eigenvalue weighted by molar-refractivity contribution is -0.142. The number of hydrogen-bond donors (Lipinski definition) is 2. The number of nitrogens with one attached hydrogen (secondary N) is 1. The Morgan fingerprint density at radius 1 is 1.26 bits per heavy atom. The molecule has 7 nitrogen and oxygen atoms in total. The van der Waals surface area contributed by atoms with Crippen LogP contribution in [0.4, 0.5) is 15.9 Å². The number of carbonyl (C=O) groups is 2. The molecule has 1 aromatic carbocycles. The zero-order valence-corrected chi connectivity index (χ0v) is 15.4. The summed E-state index contributed by atoms with van der Waals surface area (Å²) in [5, 5.41) is 16.7. The minimum Gasteiger partial charge on any atom is -0.481 e. The number of halogens is 1. The molecule has 2 heterocycles. The molecule has 1 saturated heterocycles. The van der Waals surface area contributed by atoms with Crippen LogP contribution in [0.1, 0.15) is 31.9 Å². The van der Waals surface area contributed by atoms with Gasteiger partial charge in [0.05, 0.1) is 17.3 Å². The standard InChI is InChI=1S/C19H23FN4O3/c1-3-16(25)21-17-12(2)22-24(15-6-4-14(20)5-7-15)18(17)23-10-8-13(9-11-23)19(26)27/h4-7,13H,3,8-11H2,1-2H3,(H,21,25)(H,26,27). The van der Waals surface area contributed by atoms with Gasteiger partial charge in [0.25, 0.3) is 0 Å². The van der Waals surface area contributed by atoms with E-state index in [0.29, 0.717) is 55.2 Å². The molecule has 27 heavy (non-hydrogen) atoms. The molecule has 1 fully saturated rings. The van der Waals surface area contributed by atoms with Gasteiger partial charge in [-0.15, -0.1) is 0 Å². The number of nitrogens with zero attached hydrogens (tertiary/aromatic N) is 3. The molecule has 8 heteroatoms. The zero-order valence-electron chi connectivity index (χ0n) is 15.4. The monoisotopic (exact) mass is 374 g/mol. The number of rotatable bonds is 5. The van der Waals surface area contributed by atoms with Crippen LogP contribution in [0.25, 0.3) is 5.69 Å². The van der Waals surface area contributed by atoms with Crippen molar-refractivity contribution < 1.29 is 19.1 Å². The number of aliphatic carboxylic acids is 1. The van der Waals surface area contributed by atoms with Gasteiger partial charge in [-0.25, -0.2) is 9.07 Å². The number of amides is 1. The fraction of sp³-hybridized carbons (Fsp3) is 0.421. The van der Waals surface area contributed by atoms with Gasteiger partial charge >= 0.3 is 5.97 Å². The lowest BCUT2D eigenvalue weighted by Gasteiger charge is -2.32. The summed E-state index contributed by atoms with van der Waals surface area (Å²) in [6.07, 6.45) is 1.37. The van der Waals surface area contributed by atoms with Crippen LogP contribution in [0, 0.1) is 18.7 Å². The third kappa shape index (κ3) is 3.94. The summed E-state index contributed by atoms with van der Waals surface area (Å²) < 4.78 is 15.0. The van der Waals surface area contributed by atoms with E-state index in [4.69, 9.17) is 0 Å². The van der Waals surface area contributed by atoms with E-state index in [1.54, 1.807) is 30.7 Å². The van der Waals surface area contributed by atoms with Gasteiger partial charge in [-0.3, -0.25) is 9.59 Å². The van der Waals surface area contributed by atoms with Gasteiger partial charge in [0.1, 0.15) is 11.5 Å². The van der Waals surface area contributed by atoms with Crippen molar-refractivity contribution in [3.63, 3.8) is 0 Å². The maximum atomic E-state index is 13.3. The predicted molar refractivity (Wildman–Crippen MR) is 99.8 cm³/mol. The predicted octanol–water partition coefficient (Wildman–Crippen LogP) is 2.97. The fourth-order valence-electron chi connectivity index (χ4n) is 3.28. The summed E-state index contributed by atoms with van der Waals surface area (Å²) in [5.41, 5.74) is 1.93. The Balaban J connectivity index is 2.01. The minimum atomic E-state index is -0.780. The van der Waals surface area contributed by atoms with Crippen molar-refractivity contribution in [2.24, 2.45) is 5.92 Å². The van der Waals surface area contributed by atoms with Crippen molar-refractivity contribution in [2.45, 2.75) is 33.1 Å². The fourth-order valence-corrected chi connectivity index (χ4v) is 3.28. The first-order valence-electron chi connectivity index (χ1n) is 9.03. The van der Waals surface area contributed by atoms with Gasteiger partial charge in [0, 0.05) is 19.5 Å². The summed E-state index contributed by atoms with van der Waals surface area (Å²) in [4.78, 5) is 25.3. The van der Waals surface area contributed by atoms with Crippen molar-refractivity contribution in [3.05, 3.63) is 35.8 Å². The number of carboxylic acids is 1. The number of aromatic nitrogens is 2. The van der Waals surface area contributed by atoms with Crippen molar-refractivity contribution in [2.75, 3.05) is 23.3 Å². The van der Waals surface area contributed by atoms with E-state index in [9.17, 15) is 19.1 Å². The highest BCUT2D eigenvalue weighted by atomic mass is 19.1. The van der Waals surface area contributed by atoms with Gasteiger partial charge in [-0.1, -0.05) is 6.92 Å². The highest BCUT2D eigenvalue weighted by Crippen LogP contribution is 2.35. The number of hydrogen-bond acceptors (Lipinski definition) is 4. The van der Waals surface area contributed by atoms with E-state index < -0.39 is 5.97 Å². The summed E-state index contributed by atoms with van der Waals surface area (Å²) in [5.74, 6) is -0.912. The molecule has 144 valence electrons. The number of piperidine rings is 1. The molecule has 1 aliphatic heterocycles. The molecule has 2 aromatic rings. The van der Waals surface area contributed by atoms with Gasteiger partial charge in [-0.05, 0) is 44.0 Å². The number of carbonyl (C=O) groups excluding carboxylic acids is 1. The molecular weight excluding hydrogens is 351 g/mol. The first-order chi connectivity index (χ1) is 12.9. The first kappa shape index (κ1) is 18.9. The Morgan fingerprint density at radius 2 is 1.89 bits per heavy atom. The Morgan fingerprint density at radius 3 is 2.44 bits per heavy atom. The number of carboxylic acid groups (broad SMARTS) is 1. The van der Waals surface area contributed by atoms with Gasteiger partial charge in [-0.2, -0.15) is 5.10 Å². The number of anilines is 2. The highest BCUT2D eigenvalue weighted by molar-refractivity contribution is 5.94. The van der Waals surface area contributed by atoms with Crippen molar-refractivity contribution in [3.8, 4) is 5.69 Å². The summed E-state index contributed by atoms with van der Waals surface area (Å²) in [6.45, 7) is 4.66. The maximum Gasteiger partial charge on any atom is 0.306 e. The second-order valence-corrected chi connectivity index (χ2v) is 6.67. The van der Waals surface area contributed by atoms with Crippen molar-refractivity contribution in [1.82, 2.24) is 9.78 Å². The Labute approximate surface area is 156 Å². The molecule has 3 rings (SSSR count). The molecule has 2 N–H and O–H groups in total. The lowest BCUT2D eigenvalue weighted by atomic mass is 9.97. The van der Waals surface area contributed by atoms with Crippen LogP contribution in [0.5, 0.6) is 0 Å². The average Bonchev–Trinajstić information content (AvgIpc) is 2.98. The molecule has 0 radical (unpaired) electrons. The van der Waals surface area contributed by atoms with E-state index in [1.807, 2.05) is 4.90 Å². The SMILES string of the molecule is CCC(=O)Nc1c(C)nn(-c2ccc(F)cc2)c1N1CCC(C(=O)O)CC1. The van der Waals surface area contributed by atoms with Crippen LogP contribution in [0.15, 0.2) is 24.3 Å². The smallest absolute Gasteiger partial charge is 0.306 e. The summed E-state index contributed by atoms with van der Waals surface area (Å²) in [7, 11) is 0. The molecule has 0 spiro atoms. The van der Waals surface area contributed by atoms with E-state index in [2.05, 4.69) is 10.4 Å². The molecule has 0 saturated carbocycles. The number of benzene rings is 1. The molecule has 0 unspecified atom stereocenters. The van der Waals surface area contributed by atoms with E-state index in [1.165, 1.54) is 12.1 Å². The third-order valence-electron chi connectivity index (χ3n) is 4.84. The van der Waals surface area contributed by atoms with Crippen LogP contribution >= 0.6 is 0 Å². The summed E-state index contributed by atoms with van der Waals surface area (Å²) in [6, 6.07) is 5.97. The molecule has 0 aliphatic carbocycles. The molecule has 1 amide bonds. The zero-order chi connectivity index (χ0) is 19.6. The average molecular weight is 374 g/mol. The number of aryl methyl sites for hydroxylation is 1. The normalized spacial score (nSPS) is 15.0. The van der Waals surface area contributed by atoms with E-state index in [-0.39, 0.29) is 17.6 Å². The maximum absolute atomic E-state index is 13.3. The van der Waals surface area contributed by atoms with Crippen molar-refractivity contribution >= 4 is 23.4 Å². The van der Waals surface area contributed by atoms with E-state index in [0.717, 1.165) is 0 Å². The van der Waals surface area contributed by atoms with Gasteiger partial charge in [0.2, 0.25) is 5.91 Å². The van der Waals surface area contributed by atoms with Crippen LogP contribution in [-0.4, -0.2) is 39.9 Å². The van der Waals surface area contributed by atoms with Crippen LogP contribution in [0.3, 0.4) is 0 Å². The van der Waals surface area contributed by atoms with Crippen LogP contribution in [0.2, 0.25) is 0 Å². The second-order valence-electron chi connectivity index (χ2n) is 6.67. The summed E-state index contributed by atoms with van der Waals surface area (Å²) >= 11 is 0. The van der Waals surface area contributed by atoms with Gasteiger partial charge in [0.15, 0.2) is 5.82 Å². The first-order valence-corrected chi connectivity index (χ1v) is 9.03. The van der Waals surface area contributed by atoms with Crippen LogP contribution < -0.4 is 10.2 Å². The van der Waals surface area contributed by atoms with Crippen molar-refractivity contribution in [1.29, 1.82) is 0 Å². The van der Waals surface area contributed by atoms with Crippen LogP contribution in [-0.2, 0) is 9.59 Å². The Bertz CT molecular complexity index is 839. The minimum absolute atomic E-state index is 0.126. The highest BCUT2D eigenvalue weighted by Gasteiger charge is 2.29. The molecule has 1 aliphatic rings. The Kier molecular flexibility index (Phi) is 5.43.